The van der Waals surface area contributed by atoms with E-state index in [0.717, 1.165) is 24.6 Å². The lowest BCUT2D eigenvalue weighted by Gasteiger charge is -2.38. The van der Waals surface area contributed by atoms with Crippen LogP contribution < -0.4 is 14.4 Å². The van der Waals surface area contributed by atoms with Crippen LogP contribution in [0.25, 0.3) is 0 Å². The first kappa shape index (κ1) is 16.5. The summed E-state index contributed by atoms with van der Waals surface area (Å²) in [7, 11) is 0. The van der Waals surface area contributed by atoms with Crippen LogP contribution in [0.1, 0.15) is 6.92 Å². The molecule has 26 heavy (non-hydrogen) atoms. The summed E-state index contributed by atoms with van der Waals surface area (Å²) in [5, 5.41) is 10.9. The zero-order chi connectivity index (χ0) is 18.1. The molecule has 3 heterocycles. The van der Waals surface area contributed by atoms with Gasteiger partial charge in [-0.25, -0.2) is 0 Å². The van der Waals surface area contributed by atoms with Gasteiger partial charge >= 0.3 is 11.8 Å². The predicted octanol–water partition coefficient (Wildman–Crippen LogP) is 1.69. The summed E-state index contributed by atoms with van der Waals surface area (Å²) in [6, 6.07) is 9.03. The number of benzene rings is 1. The Labute approximate surface area is 150 Å². The Bertz CT molecular complexity index is 784. The van der Waals surface area contributed by atoms with E-state index in [9.17, 15) is 10.1 Å². The Hall–Kier alpha value is -2.94. The largest absolute Gasteiger partial charge is 0.449 e. The van der Waals surface area contributed by atoms with E-state index in [0.29, 0.717) is 19.0 Å². The molecular weight excluding hydrogens is 338 g/mol. The first-order valence-electron chi connectivity index (χ1n) is 8.50. The second kappa shape index (κ2) is 6.75. The quantitative estimate of drug-likeness (QED) is 0.603. The van der Waals surface area contributed by atoms with Crippen molar-refractivity contribution in [2.45, 2.75) is 19.3 Å². The lowest BCUT2D eigenvalue weighted by molar-refractivity contribution is -0.389. The zero-order valence-corrected chi connectivity index (χ0v) is 14.3. The molecule has 0 spiro atoms. The molecule has 4 rings (SSSR count). The molecule has 1 saturated heterocycles. The minimum Gasteiger partial charge on any atom is -0.449 e. The molecule has 0 amide bonds. The number of rotatable bonds is 4. The van der Waals surface area contributed by atoms with Crippen LogP contribution in [-0.2, 0) is 0 Å². The lowest BCUT2D eigenvalue weighted by Crippen LogP contribution is -2.54. The van der Waals surface area contributed by atoms with Gasteiger partial charge in [0.2, 0.25) is 0 Å². The number of nitro groups is 1. The fourth-order valence-electron chi connectivity index (χ4n) is 3.21. The highest BCUT2D eigenvalue weighted by atomic mass is 16.7. The van der Waals surface area contributed by atoms with E-state index in [1.165, 1.54) is 12.3 Å². The molecule has 1 fully saturated rings. The summed E-state index contributed by atoms with van der Waals surface area (Å²) in [4.78, 5) is 22.8. The Kier molecular flexibility index (Phi) is 4.29. The molecule has 2 aliphatic rings. The van der Waals surface area contributed by atoms with E-state index in [2.05, 4.69) is 21.8 Å². The minimum atomic E-state index is -0.504. The molecule has 9 nitrogen and oxygen atoms in total. The van der Waals surface area contributed by atoms with E-state index in [1.54, 1.807) is 0 Å². The third-order valence-corrected chi connectivity index (χ3v) is 4.72. The SMILES string of the molecule is CC(C1Oc2ccccc2O1)N1CCN(c2nccc([N+](=O)[O-])n2)CC1. The predicted molar refractivity (Wildman–Crippen MR) is 93.4 cm³/mol. The van der Waals surface area contributed by atoms with Gasteiger partial charge in [0.05, 0.1) is 12.1 Å². The maximum absolute atomic E-state index is 10.9. The fourth-order valence-corrected chi connectivity index (χ4v) is 3.21. The van der Waals surface area contributed by atoms with Crippen LogP contribution in [0.5, 0.6) is 11.5 Å². The van der Waals surface area contributed by atoms with Gasteiger partial charge in [0, 0.05) is 37.4 Å². The first-order valence-corrected chi connectivity index (χ1v) is 8.50. The molecule has 0 radical (unpaired) electrons. The Morgan fingerprint density at radius 1 is 1.15 bits per heavy atom. The van der Waals surface area contributed by atoms with E-state index in [1.807, 2.05) is 29.2 Å². The lowest BCUT2D eigenvalue weighted by atomic mass is 10.2. The van der Waals surface area contributed by atoms with Crippen molar-refractivity contribution in [2.24, 2.45) is 0 Å². The maximum atomic E-state index is 10.9. The number of anilines is 1. The first-order chi connectivity index (χ1) is 12.6. The topological polar surface area (TPSA) is 93.9 Å². The van der Waals surface area contributed by atoms with Gasteiger partial charge in [0.25, 0.3) is 6.29 Å². The molecule has 1 aromatic heterocycles. The van der Waals surface area contributed by atoms with Crippen molar-refractivity contribution in [3.63, 3.8) is 0 Å². The summed E-state index contributed by atoms with van der Waals surface area (Å²) in [5.74, 6) is 1.75. The summed E-state index contributed by atoms with van der Waals surface area (Å²) < 4.78 is 11.8. The molecule has 0 bridgehead atoms. The Balaban J connectivity index is 1.37. The van der Waals surface area contributed by atoms with Crippen molar-refractivity contribution in [3.8, 4) is 11.5 Å². The third kappa shape index (κ3) is 3.13. The number of piperazine rings is 1. The van der Waals surface area contributed by atoms with E-state index in [-0.39, 0.29) is 18.1 Å². The average Bonchev–Trinajstić information content (AvgIpc) is 3.12. The molecular formula is C17H19N5O4. The highest BCUT2D eigenvalue weighted by Crippen LogP contribution is 2.35. The Morgan fingerprint density at radius 2 is 1.81 bits per heavy atom. The van der Waals surface area contributed by atoms with Crippen molar-refractivity contribution in [1.29, 1.82) is 0 Å². The van der Waals surface area contributed by atoms with Gasteiger partial charge in [-0.1, -0.05) is 12.1 Å². The smallest absolute Gasteiger partial charge is 0.369 e. The number of aromatic nitrogens is 2. The number of hydrogen-bond acceptors (Lipinski definition) is 8. The fraction of sp³-hybridized carbons (Fsp3) is 0.412. The average molecular weight is 357 g/mol. The molecule has 2 aromatic rings. The van der Waals surface area contributed by atoms with Crippen LogP contribution in [0.15, 0.2) is 36.5 Å². The summed E-state index contributed by atoms with van der Waals surface area (Å²) in [5.41, 5.74) is 0. The van der Waals surface area contributed by atoms with Gasteiger partial charge in [0.1, 0.15) is 0 Å². The number of ether oxygens (including phenoxy) is 2. The van der Waals surface area contributed by atoms with Gasteiger partial charge in [-0.05, 0) is 24.0 Å². The zero-order valence-electron chi connectivity index (χ0n) is 14.3. The molecule has 1 aromatic carbocycles. The van der Waals surface area contributed by atoms with Gasteiger partial charge in [-0.2, -0.15) is 4.98 Å². The number of fused-ring (bicyclic) bond motifs is 1. The van der Waals surface area contributed by atoms with Gasteiger partial charge in [-0.3, -0.25) is 4.90 Å². The highest BCUT2D eigenvalue weighted by Gasteiger charge is 2.35. The van der Waals surface area contributed by atoms with E-state index >= 15 is 0 Å². The van der Waals surface area contributed by atoms with Crippen molar-refractivity contribution < 1.29 is 14.4 Å². The minimum absolute atomic E-state index is 0.0792. The van der Waals surface area contributed by atoms with Crippen LogP contribution in [0.4, 0.5) is 11.8 Å². The summed E-state index contributed by atoms with van der Waals surface area (Å²) in [6.45, 7) is 4.99. The second-order valence-corrected chi connectivity index (χ2v) is 6.29. The number of nitrogens with zero attached hydrogens (tertiary/aromatic N) is 5. The standard InChI is InChI=1S/C17H19N5O4/c1-12(16-25-13-4-2-3-5-14(13)26-16)20-8-10-21(11-9-20)17-18-7-6-15(19-17)22(23)24/h2-7,12,16H,8-11H2,1H3. The molecule has 1 atom stereocenters. The summed E-state index contributed by atoms with van der Waals surface area (Å²) >= 11 is 0. The van der Waals surface area contributed by atoms with Crippen LogP contribution in [0.3, 0.4) is 0 Å². The molecule has 136 valence electrons. The maximum Gasteiger partial charge on any atom is 0.369 e. The number of para-hydroxylation sites is 2. The third-order valence-electron chi connectivity index (χ3n) is 4.72. The van der Waals surface area contributed by atoms with E-state index < -0.39 is 4.92 Å². The normalized spacial score (nSPS) is 18.7. The van der Waals surface area contributed by atoms with Crippen LogP contribution in [0.2, 0.25) is 0 Å². The Morgan fingerprint density at radius 3 is 2.42 bits per heavy atom. The van der Waals surface area contributed by atoms with Gasteiger partial charge in [-0.15, -0.1) is 0 Å². The van der Waals surface area contributed by atoms with Crippen molar-refractivity contribution in [3.05, 3.63) is 46.6 Å². The molecule has 0 aliphatic carbocycles. The molecule has 1 unspecified atom stereocenters. The van der Waals surface area contributed by atoms with Gasteiger partial charge < -0.3 is 24.5 Å². The van der Waals surface area contributed by atoms with Gasteiger partial charge in [0.15, 0.2) is 11.5 Å². The van der Waals surface area contributed by atoms with E-state index in [4.69, 9.17) is 9.47 Å². The molecule has 9 heteroatoms. The molecule has 2 aliphatic heterocycles. The van der Waals surface area contributed by atoms with Crippen LogP contribution in [0, 0.1) is 10.1 Å². The molecule has 0 N–H and O–H groups in total. The highest BCUT2D eigenvalue weighted by molar-refractivity contribution is 5.42. The van der Waals surface area contributed by atoms with Crippen LogP contribution in [-0.4, -0.2) is 58.3 Å². The second-order valence-electron chi connectivity index (χ2n) is 6.29. The van der Waals surface area contributed by atoms with Crippen LogP contribution >= 0.6 is 0 Å². The monoisotopic (exact) mass is 357 g/mol. The number of hydrogen-bond donors (Lipinski definition) is 0. The summed E-state index contributed by atoms with van der Waals surface area (Å²) in [6.07, 6.45) is 1.08. The molecule has 0 saturated carbocycles. The van der Waals surface area contributed by atoms with Crippen molar-refractivity contribution in [2.75, 3.05) is 31.1 Å². The van der Waals surface area contributed by atoms with Crippen molar-refractivity contribution >= 4 is 11.8 Å². The van der Waals surface area contributed by atoms with Crippen molar-refractivity contribution in [1.82, 2.24) is 14.9 Å².